The number of amides is 1. The lowest BCUT2D eigenvalue weighted by atomic mass is 9.90. The van der Waals surface area contributed by atoms with Gasteiger partial charge in [-0.15, -0.1) is 0 Å². The van der Waals surface area contributed by atoms with Crippen LogP contribution in [0.15, 0.2) is 73.1 Å². The first-order chi connectivity index (χ1) is 14.7. The molecule has 1 saturated heterocycles. The van der Waals surface area contributed by atoms with Crippen molar-refractivity contribution in [2.45, 2.75) is 32.7 Å². The molecular formula is C26H29N3O. The molecular weight excluding hydrogens is 370 g/mol. The van der Waals surface area contributed by atoms with Crippen molar-refractivity contribution in [3.8, 4) is 0 Å². The Morgan fingerprint density at radius 2 is 1.73 bits per heavy atom. The number of pyridine rings is 1. The summed E-state index contributed by atoms with van der Waals surface area (Å²) < 4.78 is 0. The molecule has 1 aliphatic rings. The zero-order valence-electron chi connectivity index (χ0n) is 17.6. The summed E-state index contributed by atoms with van der Waals surface area (Å²) in [5.41, 5.74) is 5.38. The van der Waals surface area contributed by atoms with Gasteiger partial charge in [0.1, 0.15) is 0 Å². The highest BCUT2D eigenvalue weighted by atomic mass is 16.2. The summed E-state index contributed by atoms with van der Waals surface area (Å²) in [6.45, 7) is 4.43. The van der Waals surface area contributed by atoms with E-state index in [0.29, 0.717) is 18.0 Å². The van der Waals surface area contributed by atoms with Crippen LogP contribution in [0.5, 0.6) is 0 Å². The van der Waals surface area contributed by atoms with Crippen molar-refractivity contribution in [1.29, 1.82) is 0 Å². The van der Waals surface area contributed by atoms with Crippen molar-refractivity contribution >= 4 is 11.6 Å². The van der Waals surface area contributed by atoms with E-state index in [-0.39, 0.29) is 5.91 Å². The van der Waals surface area contributed by atoms with E-state index < -0.39 is 0 Å². The second kappa shape index (κ2) is 9.57. The normalized spacial score (nSPS) is 14.5. The number of nitrogens with zero attached hydrogens (tertiary/aromatic N) is 2. The molecule has 0 radical (unpaired) electrons. The highest BCUT2D eigenvalue weighted by Crippen LogP contribution is 2.23. The third-order valence-corrected chi connectivity index (χ3v) is 5.87. The Morgan fingerprint density at radius 3 is 2.47 bits per heavy atom. The van der Waals surface area contributed by atoms with Gasteiger partial charge in [0, 0.05) is 32.0 Å². The lowest BCUT2D eigenvalue weighted by Gasteiger charge is -2.32. The highest BCUT2D eigenvalue weighted by molar-refractivity contribution is 5.94. The van der Waals surface area contributed by atoms with Crippen molar-refractivity contribution in [3.05, 3.63) is 95.3 Å². The van der Waals surface area contributed by atoms with Crippen molar-refractivity contribution in [3.63, 3.8) is 0 Å². The molecule has 0 unspecified atom stereocenters. The zero-order valence-corrected chi connectivity index (χ0v) is 17.6. The van der Waals surface area contributed by atoms with E-state index in [1.807, 2.05) is 11.0 Å². The van der Waals surface area contributed by atoms with Crippen LogP contribution in [0.2, 0.25) is 0 Å². The predicted molar refractivity (Wildman–Crippen MR) is 122 cm³/mol. The van der Waals surface area contributed by atoms with Crippen LogP contribution >= 0.6 is 0 Å². The summed E-state index contributed by atoms with van der Waals surface area (Å²) in [7, 11) is 0. The highest BCUT2D eigenvalue weighted by Gasteiger charge is 2.24. The SMILES string of the molecule is Cc1ccc(CNc2cncc(C(=O)N3CCC(Cc4ccccc4)CC3)c2)cc1. The number of likely N-dealkylation sites (tertiary alicyclic amines) is 1. The Morgan fingerprint density at radius 1 is 1.00 bits per heavy atom. The minimum absolute atomic E-state index is 0.0830. The molecule has 1 aromatic heterocycles. The maximum Gasteiger partial charge on any atom is 0.255 e. The van der Waals surface area contributed by atoms with Gasteiger partial charge in [0.25, 0.3) is 5.91 Å². The average Bonchev–Trinajstić information content (AvgIpc) is 2.80. The largest absolute Gasteiger partial charge is 0.380 e. The van der Waals surface area contributed by atoms with Crippen LogP contribution in [0, 0.1) is 12.8 Å². The van der Waals surface area contributed by atoms with Gasteiger partial charge in [0.15, 0.2) is 0 Å². The van der Waals surface area contributed by atoms with Crippen LogP contribution in [0.1, 0.15) is 39.9 Å². The summed E-state index contributed by atoms with van der Waals surface area (Å²) in [6, 6.07) is 21.0. The second-order valence-corrected chi connectivity index (χ2v) is 8.23. The molecule has 1 aliphatic heterocycles. The molecule has 0 aliphatic carbocycles. The fraction of sp³-hybridized carbons (Fsp3) is 0.308. The van der Waals surface area contributed by atoms with E-state index in [2.05, 4.69) is 71.8 Å². The molecule has 3 aromatic rings. The Hall–Kier alpha value is -3.14. The first-order valence-electron chi connectivity index (χ1n) is 10.7. The van der Waals surface area contributed by atoms with Crippen LogP contribution in [0.4, 0.5) is 5.69 Å². The number of hydrogen-bond acceptors (Lipinski definition) is 3. The van der Waals surface area contributed by atoms with Crippen molar-refractivity contribution in [1.82, 2.24) is 9.88 Å². The molecule has 4 rings (SSSR count). The Balaban J connectivity index is 1.31. The number of piperidine rings is 1. The Labute approximate surface area is 179 Å². The van der Waals surface area contributed by atoms with Gasteiger partial charge in [0.2, 0.25) is 0 Å². The standard InChI is InChI=1S/C26H29N3O/c1-20-7-9-23(10-8-20)17-28-25-16-24(18-27-19-25)26(30)29-13-11-22(12-14-29)15-21-5-3-2-4-6-21/h2-10,16,18-19,22,28H,11-15,17H2,1H3. The van der Waals surface area contributed by atoms with Gasteiger partial charge >= 0.3 is 0 Å². The molecule has 1 amide bonds. The van der Waals surface area contributed by atoms with E-state index in [4.69, 9.17) is 0 Å². The van der Waals surface area contributed by atoms with Crippen molar-refractivity contribution in [2.75, 3.05) is 18.4 Å². The minimum Gasteiger partial charge on any atom is -0.380 e. The minimum atomic E-state index is 0.0830. The number of anilines is 1. The van der Waals surface area contributed by atoms with Gasteiger partial charge in [-0.3, -0.25) is 9.78 Å². The maximum atomic E-state index is 13.0. The maximum absolute atomic E-state index is 13.0. The quantitative estimate of drug-likeness (QED) is 0.627. The molecule has 1 N–H and O–H groups in total. The number of carbonyl (C=O) groups excluding carboxylic acids is 1. The lowest BCUT2D eigenvalue weighted by Crippen LogP contribution is -2.39. The summed E-state index contributed by atoms with van der Waals surface area (Å²) in [4.78, 5) is 19.2. The summed E-state index contributed by atoms with van der Waals surface area (Å²) in [5.74, 6) is 0.733. The van der Waals surface area contributed by atoms with Crippen LogP contribution in [0.25, 0.3) is 0 Å². The topological polar surface area (TPSA) is 45.2 Å². The molecule has 4 nitrogen and oxygen atoms in total. The Kier molecular flexibility index (Phi) is 6.43. The van der Waals surface area contributed by atoms with Gasteiger partial charge in [-0.05, 0) is 49.3 Å². The van der Waals surface area contributed by atoms with Gasteiger partial charge < -0.3 is 10.2 Å². The third kappa shape index (κ3) is 5.26. The number of hydrogen-bond donors (Lipinski definition) is 1. The molecule has 0 atom stereocenters. The number of rotatable bonds is 6. The van der Waals surface area contributed by atoms with Gasteiger partial charge in [0.05, 0.1) is 11.3 Å². The van der Waals surface area contributed by atoms with Gasteiger partial charge in [-0.1, -0.05) is 60.2 Å². The van der Waals surface area contributed by atoms with E-state index in [1.165, 1.54) is 16.7 Å². The third-order valence-electron chi connectivity index (χ3n) is 5.87. The number of aromatic nitrogens is 1. The molecule has 0 spiro atoms. The van der Waals surface area contributed by atoms with E-state index in [9.17, 15) is 4.79 Å². The monoisotopic (exact) mass is 399 g/mol. The van der Waals surface area contributed by atoms with E-state index in [0.717, 1.165) is 38.0 Å². The molecule has 0 saturated carbocycles. The second-order valence-electron chi connectivity index (χ2n) is 8.23. The predicted octanol–water partition coefficient (Wildman–Crippen LogP) is 5.10. The summed E-state index contributed by atoms with van der Waals surface area (Å²) in [5, 5.41) is 3.38. The van der Waals surface area contributed by atoms with Crippen LogP contribution in [-0.2, 0) is 13.0 Å². The molecule has 154 valence electrons. The van der Waals surface area contributed by atoms with Gasteiger partial charge in [-0.25, -0.2) is 0 Å². The molecule has 0 bridgehead atoms. The van der Waals surface area contributed by atoms with E-state index in [1.54, 1.807) is 12.4 Å². The molecule has 2 heterocycles. The zero-order chi connectivity index (χ0) is 20.8. The Bertz CT molecular complexity index is 961. The molecule has 2 aromatic carbocycles. The number of carbonyl (C=O) groups is 1. The van der Waals surface area contributed by atoms with Crippen molar-refractivity contribution in [2.24, 2.45) is 5.92 Å². The lowest BCUT2D eigenvalue weighted by molar-refractivity contribution is 0.0690. The smallest absolute Gasteiger partial charge is 0.255 e. The average molecular weight is 400 g/mol. The van der Waals surface area contributed by atoms with Crippen LogP contribution in [0.3, 0.4) is 0 Å². The fourth-order valence-corrected chi connectivity index (χ4v) is 4.03. The molecule has 4 heteroatoms. The first kappa shape index (κ1) is 20.1. The van der Waals surface area contributed by atoms with Crippen LogP contribution in [-0.4, -0.2) is 28.9 Å². The van der Waals surface area contributed by atoms with E-state index >= 15 is 0 Å². The molecule has 1 fully saturated rings. The molecule has 30 heavy (non-hydrogen) atoms. The van der Waals surface area contributed by atoms with Crippen LogP contribution < -0.4 is 5.32 Å². The van der Waals surface area contributed by atoms with Gasteiger partial charge in [-0.2, -0.15) is 0 Å². The number of nitrogens with one attached hydrogen (secondary N) is 1. The fourth-order valence-electron chi connectivity index (χ4n) is 4.03. The first-order valence-corrected chi connectivity index (χ1v) is 10.7. The summed E-state index contributed by atoms with van der Waals surface area (Å²) in [6.07, 6.45) is 6.66. The summed E-state index contributed by atoms with van der Waals surface area (Å²) >= 11 is 0. The number of benzene rings is 2. The number of aryl methyl sites for hydroxylation is 1. The van der Waals surface area contributed by atoms with Crippen molar-refractivity contribution < 1.29 is 4.79 Å².